The van der Waals surface area contributed by atoms with Crippen molar-refractivity contribution in [1.29, 1.82) is 0 Å². The third kappa shape index (κ3) is 5.22. The van der Waals surface area contributed by atoms with Crippen LogP contribution in [0.2, 0.25) is 0 Å². The maximum Gasteiger partial charge on any atom is 0.0560 e. The van der Waals surface area contributed by atoms with Crippen molar-refractivity contribution >= 4 is 39.6 Å². The first-order valence-corrected chi connectivity index (χ1v) is 17.6. The highest BCUT2D eigenvalue weighted by atomic mass is 15.1. The second-order valence-corrected chi connectivity index (χ2v) is 13.6. The number of allylic oxidation sites excluding steroid dienone is 5. The quantitative estimate of drug-likeness (QED) is 0.180. The Hall–Kier alpha value is -5.34. The van der Waals surface area contributed by atoms with E-state index < -0.39 is 0 Å². The van der Waals surface area contributed by atoms with Gasteiger partial charge < -0.3 is 9.47 Å². The predicted octanol–water partition coefficient (Wildman–Crippen LogP) is 11.9. The number of anilines is 3. The molecular weight excluding hydrogens is 581 g/mol. The Kier molecular flexibility index (Phi) is 7.43. The summed E-state index contributed by atoms with van der Waals surface area (Å²) >= 11 is 0. The van der Waals surface area contributed by atoms with Crippen LogP contribution in [0.4, 0.5) is 17.1 Å². The van der Waals surface area contributed by atoms with Gasteiger partial charge in [0.15, 0.2) is 0 Å². The second kappa shape index (κ2) is 12.4. The SMILES string of the molecule is C1=CCC(n2c3c(c4ccc(N(c5ccccc5)c5ccc(C6CCc7ccccc7C6)cc5)cc42)CCC(c2ccccc2)=C3)C=C1. The number of nitrogens with zero attached hydrogens (tertiary/aromatic N) is 2. The van der Waals surface area contributed by atoms with Crippen molar-refractivity contribution < 1.29 is 0 Å². The lowest BCUT2D eigenvalue weighted by Gasteiger charge is -2.28. The normalized spacial score (nSPS) is 18.3. The highest BCUT2D eigenvalue weighted by Crippen LogP contribution is 2.43. The van der Waals surface area contributed by atoms with Gasteiger partial charge >= 0.3 is 0 Å². The molecule has 0 amide bonds. The van der Waals surface area contributed by atoms with Gasteiger partial charge in [0.05, 0.1) is 11.6 Å². The van der Waals surface area contributed by atoms with Gasteiger partial charge in [0, 0.05) is 28.1 Å². The molecule has 2 atom stereocenters. The molecule has 2 nitrogen and oxygen atoms in total. The lowest BCUT2D eigenvalue weighted by Crippen LogP contribution is -2.14. The van der Waals surface area contributed by atoms with Crippen molar-refractivity contribution in [3.8, 4) is 0 Å². The zero-order valence-corrected chi connectivity index (χ0v) is 27.3. The van der Waals surface area contributed by atoms with Crippen LogP contribution in [0.1, 0.15) is 64.7 Å². The minimum atomic E-state index is 0.285. The molecule has 6 aromatic rings. The molecule has 2 heteroatoms. The molecule has 0 aliphatic heterocycles. The Morgan fingerprint density at radius 3 is 2.15 bits per heavy atom. The van der Waals surface area contributed by atoms with E-state index in [1.165, 1.54) is 73.5 Å². The molecule has 0 fully saturated rings. The molecule has 0 radical (unpaired) electrons. The van der Waals surface area contributed by atoms with Gasteiger partial charge in [-0.1, -0.05) is 115 Å². The molecule has 5 aromatic carbocycles. The highest BCUT2D eigenvalue weighted by Gasteiger charge is 2.26. The maximum absolute atomic E-state index is 2.61. The lowest BCUT2D eigenvalue weighted by molar-refractivity contribution is 0.585. The van der Waals surface area contributed by atoms with Gasteiger partial charge in [-0.2, -0.15) is 0 Å². The minimum absolute atomic E-state index is 0.285. The van der Waals surface area contributed by atoms with Crippen LogP contribution < -0.4 is 4.90 Å². The summed E-state index contributed by atoms with van der Waals surface area (Å²) in [6, 6.07) is 47.6. The van der Waals surface area contributed by atoms with E-state index in [4.69, 9.17) is 0 Å². The zero-order valence-electron chi connectivity index (χ0n) is 27.3. The monoisotopic (exact) mass is 620 g/mol. The van der Waals surface area contributed by atoms with Crippen molar-refractivity contribution in [2.45, 2.75) is 50.5 Å². The average molecular weight is 621 g/mol. The van der Waals surface area contributed by atoms with Gasteiger partial charge in [0.1, 0.15) is 0 Å². The lowest BCUT2D eigenvalue weighted by atomic mass is 9.80. The van der Waals surface area contributed by atoms with Crippen LogP contribution in [0.15, 0.2) is 152 Å². The number of para-hydroxylation sites is 1. The Balaban J connectivity index is 1.14. The molecule has 3 aliphatic rings. The molecule has 0 spiro atoms. The number of benzene rings is 5. The number of aromatic nitrogens is 1. The topological polar surface area (TPSA) is 8.17 Å². The first kappa shape index (κ1) is 28.8. The smallest absolute Gasteiger partial charge is 0.0560 e. The zero-order chi connectivity index (χ0) is 31.9. The molecule has 1 heterocycles. The van der Waals surface area contributed by atoms with E-state index in [2.05, 4.69) is 167 Å². The fourth-order valence-electron chi connectivity index (χ4n) is 8.34. The third-order valence-electron chi connectivity index (χ3n) is 10.8. The molecular formula is C46H40N2. The van der Waals surface area contributed by atoms with Gasteiger partial charge in [-0.05, 0) is 120 Å². The summed E-state index contributed by atoms with van der Waals surface area (Å²) in [7, 11) is 0. The van der Waals surface area contributed by atoms with Crippen LogP contribution in [-0.4, -0.2) is 4.57 Å². The van der Waals surface area contributed by atoms with Gasteiger partial charge in [0.25, 0.3) is 0 Å². The third-order valence-corrected chi connectivity index (χ3v) is 10.8. The van der Waals surface area contributed by atoms with E-state index in [1.807, 2.05) is 0 Å². The minimum Gasteiger partial charge on any atom is -0.333 e. The van der Waals surface area contributed by atoms with Crippen LogP contribution in [0.25, 0.3) is 22.6 Å². The Labute approximate surface area is 284 Å². The molecule has 0 N–H and O–H groups in total. The standard InChI is InChI=1S/C46H40N2/c1-4-12-33(13-5-1)38-24-28-43-44-29-27-42(32-46(44)48(45(43)31-38)40-18-8-3-9-19-40)47(39-16-6-2-7-17-39)41-25-22-35(23-26-41)37-21-20-34-14-10-11-15-36(34)30-37/h1-18,22-23,25-27,29,31-32,37,40H,19-21,24,28,30H2. The average Bonchev–Trinajstić information content (AvgIpc) is 3.49. The van der Waals surface area contributed by atoms with E-state index in [1.54, 1.807) is 0 Å². The molecule has 0 saturated heterocycles. The van der Waals surface area contributed by atoms with Crippen molar-refractivity contribution in [2.24, 2.45) is 0 Å². The second-order valence-electron chi connectivity index (χ2n) is 13.6. The summed E-state index contributed by atoms with van der Waals surface area (Å²) in [4.78, 5) is 2.43. The van der Waals surface area contributed by atoms with Gasteiger partial charge in [-0.3, -0.25) is 0 Å². The first-order valence-electron chi connectivity index (χ1n) is 17.6. The fraction of sp³-hybridized carbons (Fsp3) is 0.174. The Morgan fingerprint density at radius 2 is 1.35 bits per heavy atom. The van der Waals surface area contributed by atoms with Crippen molar-refractivity contribution in [2.75, 3.05) is 4.90 Å². The molecule has 48 heavy (non-hydrogen) atoms. The molecule has 9 rings (SSSR count). The van der Waals surface area contributed by atoms with Gasteiger partial charge in [0.2, 0.25) is 0 Å². The number of rotatable bonds is 6. The number of aryl methyl sites for hydroxylation is 2. The van der Waals surface area contributed by atoms with E-state index in [0.717, 1.165) is 32.1 Å². The van der Waals surface area contributed by atoms with E-state index in [9.17, 15) is 0 Å². The summed E-state index contributed by atoms with van der Waals surface area (Å²) in [6.07, 6.45) is 18.2. The summed E-state index contributed by atoms with van der Waals surface area (Å²) in [5.41, 5.74) is 14.9. The summed E-state index contributed by atoms with van der Waals surface area (Å²) in [6.45, 7) is 0. The molecule has 0 bridgehead atoms. The van der Waals surface area contributed by atoms with E-state index in [-0.39, 0.29) is 6.04 Å². The highest BCUT2D eigenvalue weighted by molar-refractivity contribution is 5.96. The van der Waals surface area contributed by atoms with E-state index >= 15 is 0 Å². The summed E-state index contributed by atoms with van der Waals surface area (Å²) < 4.78 is 2.61. The molecule has 2 unspecified atom stereocenters. The summed E-state index contributed by atoms with van der Waals surface area (Å²) in [5.74, 6) is 0.566. The van der Waals surface area contributed by atoms with Crippen molar-refractivity contribution in [1.82, 2.24) is 4.57 Å². The number of hydrogen-bond donors (Lipinski definition) is 0. The van der Waals surface area contributed by atoms with Crippen LogP contribution in [0, 0.1) is 0 Å². The van der Waals surface area contributed by atoms with Crippen molar-refractivity contribution in [3.05, 3.63) is 185 Å². The van der Waals surface area contributed by atoms with Crippen LogP contribution in [0.5, 0.6) is 0 Å². The number of fused-ring (bicyclic) bond motifs is 4. The van der Waals surface area contributed by atoms with E-state index in [0.29, 0.717) is 5.92 Å². The van der Waals surface area contributed by atoms with Crippen LogP contribution >= 0.6 is 0 Å². The first-order chi connectivity index (χ1) is 23.8. The van der Waals surface area contributed by atoms with Crippen LogP contribution in [0.3, 0.4) is 0 Å². The Morgan fingerprint density at radius 1 is 0.625 bits per heavy atom. The van der Waals surface area contributed by atoms with Gasteiger partial charge in [-0.25, -0.2) is 0 Å². The van der Waals surface area contributed by atoms with Crippen LogP contribution in [-0.2, 0) is 19.3 Å². The predicted molar refractivity (Wildman–Crippen MR) is 202 cm³/mol. The number of hydrogen-bond acceptors (Lipinski definition) is 1. The Bertz CT molecular complexity index is 2180. The van der Waals surface area contributed by atoms with Gasteiger partial charge in [-0.15, -0.1) is 0 Å². The maximum atomic E-state index is 2.61. The molecule has 234 valence electrons. The fourth-order valence-corrected chi connectivity index (χ4v) is 8.34. The largest absolute Gasteiger partial charge is 0.333 e. The molecule has 0 saturated carbocycles. The molecule has 1 aromatic heterocycles. The molecule has 3 aliphatic carbocycles. The van der Waals surface area contributed by atoms with Crippen molar-refractivity contribution in [3.63, 3.8) is 0 Å². The summed E-state index contributed by atoms with van der Waals surface area (Å²) in [5, 5.41) is 1.38.